The van der Waals surface area contributed by atoms with Crippen LogP contribution in [0.1, 0.15) is 22.8 Å². The van der Waals surface area contributed by atoms with Crippen LogP contribution in [0.2, 0.25) is 0 Å². The van der Waals surface area contributed by atoms with Gasteiger partial charge in [0.2, 0.25) is 0 Å². The number of nitrogens with one attached hydrogen (secondary N) is 1. The predicted octanol–water partition coefficient (Wildman–Crippen LogP) is 3.66. The number of rotatable bonds is 6. The summed E-state index contributed by atoms with van der Waals surface area (Å²) in [6.45, 7) is 2.05. The van der Waals surface area contributed by atoms with Crippen LogP contribution in [0.15, 0.2) is 48.5 Å². The lowest BCUT2D eigenvalue weighted by molar-refractivity contribution is -0.137. The van der Waals surface area contributed by atoms with Gasteiger partial charge in [0.05, 0.1) is 19.3 Å². The number of benzene rings is 2. The zero-order valence-electron chi connectivity index (χ0n) is 13.9. The van der Waals surface area contributed by atoms with Gasteiger partial charge in [-0.3, -0.25) is 4.79 Å². The van der Waals surface area contributed by atoms with E-state index in [1.165, 1.54) is 25.3 Å². The molecule has 2 aromatic carbocycles. The van der Waals surface area contributed by atoms with Crippen molar-refractivity contribution in [3.8, 4) is 5.75 Å². The molecule has 2 rings (SSSR count). The Labute approximate surface area is 145 Å². The molecule has 2 aromatic rings. The van der Waals surface area contributed by atoms with Crippen molar-refractivity contribution < 1.29 is 23.5 Å². The first-order valence-electron chi connectivity index (χ1n) is 7.63. The van der Waals surface area contributed by atoms with Gasteiger partial charge in [-0.15, -0.1) is 0 Å². The van der Waals surface area contributed by atoms with Crippen LogP contribution in [0, 0.1) is 5.82 Å². The summed E-state index contributed by atoms with van der Waals surface area (Å²) in [4.78, 5) is 23.5. The highest BCUT2D eigenvalue weighted by Gasteiger charge is 2.13. The second-order valence-electron chi connectivity index (χ2n) is 5.01. The average molecular weight is 343 g/mol. The largest absolute Gasteiger partial charge is 0.496 e. The van der Waals surface area contributed by atoms with Crippen molar-refractivity contribution in [3.63, 3.8) is 0 Å². The molecule has 0 bridgehead atoms. The zero-order valence-corrected chi connectivity index (χ0v) is 13.9. The van der Waals surface area contributed by atoms with Crippen LogP contribution < -0.4 is 10.1 Å². The van der Waals surface area contributed by atoms with Crippen molar-refractivity contribution in [2.24, 2.45) is 0 Å². The molecule has 0 saturated heterocycles. The Kier molecular flexibility index (Phi) is 6.28. The highest BCUT2D eigenvalue weighted by Crippen LogP contribution is 2.21. The molecule has 25 heavy (non-hydrogen) atoms. The third-order valence-corrected chi connectivity index (χ3v) is 3.27. The number of ether oxygens (including phenoxy) is 2. The zero-order chi connectivity index (χ0) is 18.2. The Balaban J connectivity index is 2.07. The highest BCUT2D eigenvalue weighted by molar-refractivity contribution is 6.06. The fraction of sp³-hybridized carbons (Fsp3) is 0.158. The summed E-state index contributed by atoms with van der Waals surface area (Å²) >= 11 is 0. The van der Waals surface area contributed by atoms with E-state index >= 15 is 0 Å². The number of methoxy groups -OCH3 is 1. The summed E-state index contributed by atoms with van der Waals surface area (Å²) in [7, 11) is 1.41. The number of hydrogen-bond donors (Lipinski definition) is 1. The number of esters is 1. The van der Waals surface area contributed by atoms with Crippen molar-refractivity contribution in [1.82, 2.24) is 0 Å². The molecule has 6 heteroatoms. The quantitative estimate of drug-likeness (QED) is 0.642. The maximum atomic E-state index is 13.4. The molecule has 5 nitrogen and oxygen atoms in total. The molecule has 0 aromatic heterocycles. The molecule has 0 unspecified atom stereocenters. The standard InChI is InChI=1S/C19H18FNO4/c1-3-25-18(22)11-6-13-4-8-15(9-5-13)21-19(23)16-12-14(20)7-10-17(16)24-2/h4-12H,3H2,1-2H3,(H,21,23)/b11-6+. The molecule has 0 fully saturated rings. The summed E-state index contributed by atoms with van der Waals surface area (Å²) in [5.41, 5.74) is 1.41. The fourth-order valence-electron chi connectivity index (χ4n) is 2.09. The molecule has 130 valence electrons. The van der Waals surface area contributed by atoms with E-state index in [-0.39, 0.29) is 11.3 Å². The van der Waals surface area contributed by atoms with Gasteiger partial charge >= 0.3 is 5.97 Å². The monoisotopic (exact) mass is 343 g/mol. The Hall–Kier alpha value is -3.15. The Morgan fingerprint density at radius 3 is 2.52 bits per heavy atom. The van der Waals surface area contributed by atoms with E-state index in [4.69, 9.17) is 9.47 Å². The number of anilines is 1. The van der Waals surface area contributed by atoms with E-state index < -0.39 is 17.7 Å². The highest BCUT2D eigenvalue weighted by atomic mass is 19.1. The van der Waals surface area contributed by atoms with Gasteiger partial charge in [0, 0.05) is 11.8 Å². The topological polar surface area (TPSA) is 64.6 Å². The minimum Gasteiger partial charge on any atom is -0.496 e. The summed E-state index contributed by atoms with van der Waals surface area (Å²) in [6, 6.07) is 10.5. The molecule has 0 aliphatic rings. The van der Waals surface area contributed by atoms with Crippen LogP contribution in [0.5, 0.6) is 5.75 Å². The van der Waals surface area contributed by atoms with Gasteiger partial charge in [0.25, 0.3) is 5.91 Å². The van der Waals surface area contributed by atoms with Crippen LogP contribution in [0.4, 0.5) is 10.1 Å². The Morgan fingerprint density at radius 1 is 1.16 bits per heavy atom. The van der Waals surface area contributed by atoms with Crippen LogP contribution in [0.25, 0.3) is 6.08 Å². The lowest BCUT2D eigenvalue weighted by Gasteiger charge is -2.09. The fourth-order valence-corrected chi connectivity index (χ4v) is 2.09. The molecule has 0 heterocycles. The van der Waals surface area contributed by atoms with Gasteiger partial charge in [-0.25, -0.2) is 9.18 Å². The number of amides is 1. The molecule has 0 radical (unpaired) electrons. The normalized spacial score (nSPS) is 10.5. The molecular weight excluding hydrogens is 325 g/mol. The smallest absolute Gasteiger partial charge is 0.330 e. The predicted molar refractivity (Wildman–Crippen MR) is 93.0 cm³/mol. The molecule has 1 amide bonds. The third kappa shape index (κ3) is 5.17. The van der Waals surface area contributed by atoms with Crippen LogP contribution >= 0.6 is 0 Å². The van der Waals surface area contributed by atoms with Crippen LogP contribution in [0.3, 0.4) is 0 Å². The van der Waals surface area contributed by atoms with Gasteiger partial charge in [-0.1, -0.05) is 12.1 Å². The molecule has 0 aliphatic heterocycles. The van der Waals surface area contributed by atoms with Gasteiger partial charge in [0.15, 0.2) is 0 Å². The minimum atomic E-state index is -0.523. The van der Waals surface area contributed by atoms with Crippen molar-refractivity contribution in [2.75, 3.05) is 19.0 Å². The number of carbonyl (C=O) groups excluding carboxylic acids is 2. The van der Waals surface area contributed by atoms with E-state index in [0.717, 1.165) is 11.6 Å². The lowest BCUT2D eigenvalue weighted by Crippen LogP contribution is -2.13. The molecule has 1 N–H and O–H groups in total. The van der Waals surface area contributed by atoms with E-state index in [1.54, 1.807) is 37.3 Å². The summed E-state index contributed by atoms with van der Waals surface area (Å²) in [5.74, 6) is -1.14. The first kappa shape index (κ1) is 18.2. The van der Waals surface area contributed by atoms with Crippen molar-refractivity contribution >= 4 is 23.6 Å². The Morgan fingerprint density at radius 2 is 1.88 bits per heavy atom. The molecular formula is C19H18FNO4. The van der Waals surface area contributed by atoms with E-state index in [1.807, 2.05) is 0 Å². The molecule has 0 aliphatic carbocycles. The van der Waals surface area contributed by atoms with Crippen molar-refractivity contribution in [2.45, 2.75) is 6.92 Å². The van der Waals surface area contributed by atoms with Crippen LogP contribution in [-0.4, -0.2) is 25.6 Å². The maximum Gasteiger partial charge on any atom is 0.330 e. The van der Waals surface area contributed by atoms with Crippen molar-refractivity contribution in [1.29, 1.82) is 0 Å². The minimum absolute atomic E-state index is 0.105. The number of hydrogen-bond acceptors (Lipinski definition) is 4. The van der Waals surface area contributed by atoms with E-state index in [9.17, 15) is 14.0 Å². The van der Waals surface area contributed by atoms with Gasteiger partial charge in [-0.2, -0.15) is 0 Å². The average Bonchev–Trinajstić information content (AvgIpc) is 2.61. The van der Waals surface area contributed by atoms with E-state index in [2.05, 4.69) is 5.32 Å². The first-order chi connectivity index (χ1) is 12.0. The number of carbonyl (C=O) groups is 2. The second-order valence-corrected chi connectivity index (χ2v) is 5.01. The second kappa shape index (κ2) is 8.63. The van der Waals surface area contributed by atoms with Gasteiger partial charge in [-0.05, 0) is 48.9 Å². The Bertz CT molecular complexity index is 785. The summed E-state index contributed by atoms with van der Waals surface area (Å²) in [6.07, 6.45) is 2.94. The van der Waals surface area contributed by atoms with Gasteiger partial charge < -0.3 is 14.8 Å². The summed E-state index contributed by atoms with van der Waals surface area (Å²) < 4.78 is 23.2. The summed E-state index contributed by atoms with van der Waals surface area (Å²) in [5, 5.41) is 2.67. The van der Waals surface area contributed by atoms with Crippen molar-refractivity contribution in [3.05, 3.63) is 65.5 Å². The van der Waals surface area contributed by atoms with E-state index in [0.29, 0.717) is 12.3 Å². The maximum absolute atomic E-state index is 13.4. The lowest BCUT2D eigenvalue weighted by atomic mass is 10.1. The molecule has 0 spiro atoms. The molecule has 0 saturated carbocycles. The SMILES string of the molecule is CCOC(=O)/C=C/c1ccc(NC(=O)c2cc(F)ccc2OC)cc1. The van der Waals surface area contributed by atoms with Gasteiger partial charge in [0.1, 0.15) is 11.6 Å². The number of halogens is 1. The first-order valence-corrected chi connectivity index (χ1v) is 7.63. The molecule has 0 atom stereocenters. The third-order valence-electron chi connectivity index (χ3n) is 3.27. The van der Waals surface area contributed by atoms with Crippen LogP contribution in [-0.2, 0) is 9.53 Å².